The Morgan fingerprint density at radius 2 is 1.88 bits per heavy atom. The maximum absolute atomic E-state index is 12.0. The van der Waals surface area contributed by atoms with Gasteiger partial charge in [-0.1, -0.05) is 26.0 Å². The van der Waals surface area contributed by atoms with Crippen LogP contribution in [0.15, 0.2) is 18.2 Å². The smallest absolute Gasteiger partial charge is 0.254 e. The molecule has 1 aromatic rings. The predicted octanol–water partition coefficient (Wildman–Crippen LogP) is 3.13. The average molecular weight is 217 g/mol. The molecule has 16 heavy (non-hydrogen) atoms. The summed E-state index contributed by atoms with van der Waals surface area (Å²) in [4.78, 5) is 13.8. The van der Waals surface area contributed by atoms with E-state index in [1.165, 1.54) is 5.56 Å². The summed E-state index contributed by atoms with van der Waals surface area (Å²) < 4.78 is 0. The zero-order chi connectivity index (χ0) is 12.1. The molecule has 1 aromatic carbocycles. The summed E-state index contributed by atoms with van der Waals surface area (Å²) in [6.45, 7) is 8.55. The van der Waals surface area contributed by atoms with E-state index in [9.17, 15) is 4.79 Å². The molecule has 0 bridgehead atoms. The number of amides is 1. The van der Waals surface area contributed by atoms with E-state index < -0.39 is 0 Å². The van der Waals surface area contributed by atoms with Crippen molar-refractivity contribution < 1.29 is 4.79 Å². The van der Waals surface area contributed by atoms with E-state index in [-0.39, 0.29) is 11.4 Å². The summed E-state index contributed by atoms with van der Waals surface area (Å²) in [6, 6.07) is 6.22. The maximum Gasteiger partial charge on any atom is 0.254 e. The first kappa shape index (κ1) is 11.2. The van der Waals surface area contributed by atoms with Gasteiger partial charge in [0.2, 0.25) is 0 Å². The van der Waals surface area contributed by atoms with Crippen LogP contribution in [-0.4, -0.2) is 17.9 Å². The van der Waals surface area contributed by atoms with Crippen LogP contribution in [0.2, 0.25) is 0 Å². The largest absolute Gasteiger partial charge is 0.332 e. The van der Waals surface area contributed by atoms with Gasteiger partial charge < -0.3 is 4.90 Å². The van der Waals surface area contributed by atoms with Crippen LogP contribution in [0.5, 0.6) is 0 Å². The number of hydrogen-bond acceptors (Lipinski definition) is 1. The van der Waals surface area contributed by atoms with E-state index in [1.54, 1.807) is 0 Å². The van der Waals surface area contributed by atoms with Crippen molar-refractivity contribution in [1.82, 2.24) is 4.90 Å². The van der Waals surface area contributed by atoms with E-state index in [4.69, 9.17) is 0 Å². The number of rotatable bonds is 1. The summed E-state index contributed by atoms with van der Waals surface area (Å²) in [5.41, 5.74) is 3.13. The van der Waals surface area contributed by atoms with Crippen molar-refractivity contribution >= 4 is 5.91 Å². The van der Waals surface area contributed by atoms with E-state index in [1.807, 2.05) is 18.0 Å². The van der Waals surface area contributed by atoms with Gasteiger partial charge in [-0.25, -0.2) is 0 Å². The van der Waals surface area contributed by atoms with Gasteiger partial charge in [-0.3, -0.25) is 4.79 Å². The molecule has 1 aliphatic rings. The Morgan fingerprint density at radius 1 is 1.25 bits per heavy atom. The highest BCUT2D eigenvalue weighted by molar-refractivity contribution is 5.99. The first-order chi connectivity index (χ1) is 7.35. The standard InChI is InChI=1S/C14H19NO/c1-9(2)10-6-7-11-12(8-10)14(3,4)15(5)13(11)16/h6-9H,1-5H3. The Labute approximate surface area is 97.3 Å². The molecule has 1 amide bonds. The molecule has 2 nitrogen and oxygen atoms in total. The SMILES string of the molecule is CC(C)c1ccc2c(c1)C(C)(C)N(C)C2=O. The lowest BCUT2D eigenvalue weighted by atomic mass is 9.90. The molecule has 0 aromatic heterocycles. The second-order valence-electron chi connectivity index (χ2n) is 5.38. The third kappa shape index (κ3) is 1.36. The van der Waals surface area contributed by atoms with Gasteiger partial charge in [0, 0.05) is 12.6 Å². The fourth-order valence-electron chi connectivity index (χ4n) is 2.23. The van der Waals surface area contributed by atoms with Crippen molar-refractivity contribution in [3.05, 3.63) is 34.9 Å². The van der Waals surface area contributed by atoms with Crippen LogP contribution in [0, 0.1) is 0 Å². The summed E-state index contributed by atoms with van der Waals surface area (Å²) in [7, 11) is 1.87. The number of nitrogens with zero attached hydrogens (tertiary/aromatic N) is 1. The molecule has 2 heteroatoms. The lowest BCUT2D eigenvalue weighted by Gasteiger charge is -2.29. The minimum atomic E-state index is -0.183. The van der Waals surface area contributed by atoms with Gasteiger partial charge in [0.1, 0.15) is 0 Å². The summed E-state index contributed by atoms with van der Waals surface area (Å²) in [5, 5.41) is 0. The van der Waals surface area contributed by atoms with Crippen LogP contribution >= 0.6 is 0 Å². The number of benzene rings is 1. The first-order valence-electron chi connectivity index (χ1n) is 5.78. The minimum Gasteiger partial charge on any atom is -0.332 e. The monoisotopic (exact) mass is 217 g/mol. The highest BCUT2D eigenvalue weighted by atomic mass is 16.2. The van der Waals surface area contributed by atoms with E-state index in [0.717, 1.165) is 11.1 Å². The van der Waals surface area contributed by atoms with Gasteiger partial charge in [-0.2, -0.15) is 0 Å². The Morgan fingerprint density at radius 3 is 2.44 bits per heavy atom. The van der Waals surface area contributed by atoms with E-state index in [0.29, 0.717) is 5.92 Å². The van der Waals surface area contributed by atoms with Crippen LogP contribution in [0.1, 0.15) is 55.1 Å². The molecule has 2 rings (SSSR count). The third-order valence-electron chi connectivity index (χ3n) is 3.74. The third-order valence-corrected chi connectivity index (χ3v) is 3.74. The molecule has 0 atom stereocenters. The van der Waals surface area contributed by atoms with Crippen molar-refractivity contribution in [3.63, 3.8) is 0 Å². The summed E-state index contributed by atoms with van der Waals surface area (Å²) >= 11 is 0. The van der Waals surface area contributed by atoms with Gasteiger partial charge in [0.05, 0.1) is 5.54 Å². The van der Waals surface area contributed by atoms with Gasteiger partial charge in [0.25, 0.3) is 5.91 Å². The molecule has 0 saturated carbocycles. The Kier molecular flexibility index (Phi) is 2.33. The van der Waals surface area contributed by atoms with E-state index >= 15 is 0 Å². The van der Waals surface area contributed by atoms with Crippen molar-refractivity contribution in [2.24, 2.45) is 0 Å². The fraction of sp³-hybridized carbons (Fsp3) is 0.500. The van der Waals surface area contributed by atoms with Gasteiger partial charge in [0.15, 0.2) is 0 Å². The molecule has 0 fully saturated rings. The molecule has 86 valence electrons. The number of fused-ring (bicyclic) bond motifs is 1. The predicted molar refractivity (Wildman–Crippen MR) is 65.7 cm³/mol. The molecule has 0 saturated heterocycles. The van der Waals surface area contributed by atoms with Gasteiger partial charge >= 0.3 is 0 Å². The maximum atomic E-state index is 12.0. The summed E-state index contributed by atoms with van der Waals surface area (Å²) in [5.74, 6) is 0.636. The molecule has 1 aliphatic heterocycles. The van der Waals surface area contributed by atoms with E-state index in [2.05, 4.69) is 39.8 Å². The zero-order valence-corrected chi connectivity index (χ0v) is 10.7. The van der Waals surface area contributed by atoms with Crippen LogP contribution in [0.3, 0.4) is 0 Å². The van der Waals surface area contributed by atoms with Crippen LogP contribution in [-0.2, 0) is 5.54 Å². The molecule has 0 N–H and O–H groups in total. The number of hydrogen-bond donors (Lipinski definition) is 0. The first-order valence-corrected chi connectivity index (χ1v) is 5.78. The van der Waals surface area contributed by atoms with Crippen molar-refractivity contribution in [2.45, 2.75) is 39.2 Å². The average Bonchev–Trinajstić information content (AvgIpc) is 2.40. The fourth-order valence-corrected chi connectivity index (χ4v) is 2.23. The molecule has 0 radical (unpaired) electrons. The van der Waals surface area contributed by atoms with Crippen molar-refractivity contribution in [3.8, 4) is 0 Å². The van der Waals surface area contributed by atoms with Gasteiger partial charge in [-0.05, 0) is 37.0 Å². The molecule has 0 aliphatic carbocycles. The van der Waals surface area contributed by atoms with Gasteiger partial charge in [-0.15, -0.1) is 0 Å². The lowest BCUT2D eigenvalue weighted by Crippen LogP contribution is -2.35. The normalized spacial score (nSPS) is 18.1. The molecule has 0 unspecified atom stereocenters. The molecular weight excluding hydrogens is 198 g/mol. The second-order valence-corrected chi connectivity index (χ2v) is 5.38. The quantitative estimate of drug-likeness (QED) is 0.707. The van der Waals surface area contributed by atoms with Crippen LogP contribution < -0.4 is 0 Å². The number of carbonyl (C=O) groups excluding carboxylic acids is 1. The highest BCUT2D eigenvalue weighted by Crippen LogP contribution is 2.38. The Bertz CT molecular complexity index is 446. The summed E-state index contributed by atoms with van der Waals surface area (Å²) in [6.07, 6.45) is 0. The second kappa shape index (κ2) is 3.34. The molecular formula is C14H19NO. The Balaban J connectivity index is 2.61. The minimum absolute atomic E-state index is 0.135. The molecule has 0 spiro atoms. The zero-order valence-electron chi connectivity index (χ0n) is 10.7. The lowest BCUT2D eigenvalue weighted by molar-refractivity contribution is 0.0691. The highest BCUT2D eigenvalue weighted by Gasteiger charge is 2.40. The van der Waals surface area contributed by atoms with Crippen molar-refractivity contribution in [2.75, 3.05) is 7.05 Å². The van der Waals surface area contributed by atoms with Crippen LogP contribution in [0.25, 0.3) is 0 Å². The molecule has 1 heterocycles. The van der Waals surface area contributed by atoms with Crippen LogP contribution in [0.4, 0.5) is 0 Å². The number of carbonyl (C=O) groups is 1. The topological polar surface area (TPSA) is 20.3 Å². The Hall–Kier alpha value is -1.31. The van der Waals surface area contributed by atoms with Crippen molar-refractivity contribution in [1.29, 1.82) is 0 Å².